The fourth-order valence-electron chi connectivity index (χ4n) is 0.995. The Morgan fingerprint density at radius 1 is 1.27 bits per heavy atom. The third kappa shape index (κ3) is 8.24. The number of rotatable bonds is 6. The summed E-state index contributed by atoms with van der Waals surface area (Å²) in [6, 6.07) is 0.162. The highest BCUT2D eigenvalue weighted by Gasteiger charge is 2.08. The van der Waals surface area contributed by atoms with Gasteiger partial charge in [-0.15, -0.1) is 11.6 Å². The molecular formula is C10H19ClN2O2. The number of hydrogen-bond acceptors (Lipinski definition) is 2. The van der Waals surface area contributed by atoms with Gasteiger partial charge in [-0.05, 0) is 27.2 Å². The standard InChI is InChI=1S/C10H19ClN2O2/c1-7(2)13-9(14)5-4-6-12-10(15)8(3)11/h7-8H,4-6H2,1-3H3,(H,12,15)(H,13,14). The molecule has 0 radical (unpaired) electrons. The topological polar surface area (TPSA) is 58.2 Å². The van der Waals surface area contributed by atoms with Crippen LogP contribution in [-0.4, -0.2) is 29.8 Å². The van der Waals surface area contributed by atoms with E-state index in [2.05, 4.69) is 10.6 Å². The van der Waals surface area contributed by atoms with Crippen LogP contribution < -0.4 is 10.6 Å². The van der Waals surface area contributed by atoms with Crippen molar-refractivity contribution < 1.29 is 9.59 Å². The second-order valence-electron chi connectivity index (χ2n) is 3.73. The maximum absolute atomic E-state index is 11.2. The Morgan fingerprint density at radius 3 is 2.33 bits per heavy atom. The van der Waals surface area contributed by atoms with Crippen molar-refractivity contribution >= 4 is 23.4 Å². The quantitative estimate of drug-likeness (QED) is 0.533. The van der Waals surface area contributed by atoms with Gasteiger partial charge in [0, 0.05) is 19.0 Å². The molecule has 0 aromatic rings. The molecule has 0 rings (SSSR count). The smallest absolute Gasteiger partial charge is 0.237 e. The van der Waals surface area contributed by atoms with Crippen molar-refractivity contribution in [3.05, 3.63) is 0 Å². The molecule has 1 unspecified atom stereocenters. The van der Waals surface area contributed by atoms with Crippen molar-refractivity contribution in [2.24, 2.45) is 0 Å². The summed E-state index contributed by atoms with van der Waals surface area (Å²) in [4.78, 5) is 22.2. The van der Waals surface area contributed by atoms with E-state index in [0.717, 1.165) is 0 Å². The summed E-state index contributed by atoms with van der Waals surface area (Å²) >= 11 is 5.55. The van der Waals surface area contributed by atoms with Crippen LogP contribution in [-0.2, 0) is 9.59 Å². The highest BCUT2D eigenvalue weighted by atomic mass is 35.5. The maximum Gasteiger partial charge on any atom is 0.237 e. The van der Waals surface area contributed by atoms with Crippen LogP contribution in [0.2, 0.25) is 0 Å². The zero-order valence-corrected chi connectivity index (χ0v) is 10.2. The fourth-order valence-corrected chi connectivity index (χ4v) is 1.07. The maximum atomic E-state index is 11.2. The van der Waals surface area contributed by atoms with Crippen LogP contribution in [0.15, 0.2) is 0 Å². The number of carbonyl (C=O) groups is 2. The molecule has 88 valence electrons. The molecule has 0 saturated carbocycles. The van der Waals surface area contributed by atoms with E-state index in [-0.39, 0.29) is 17.9 Å². The average molecular weight is 235 g/mol. The Labute approximate surface area is 95.7 Å². The van der Waals surface area contributed by atoms with E-state index in [1.54, 1.807) is 6.92 Å². The van der Waals surface area contributed by atoms with Gasteiger partial charge >= 0.3 is 0 Å². The lowest BCUT2D eigenvalue weighted by Gasteiger charge is -2.09. The van der Waals surface area contributed by atoms with Gasteiger partial charge in [0.15, 0.2) is 0 Å². The van der Waals surface area contributed by atoms with Crippen molar-refractivity contribution in [2.45, 2.75) is 45.0 Å². The Morgan fingerprint density at radius 2 is 1.87 bits per heavy atom. The van der Waals surface area contributed by atoms with E-state index in [1.165, 1.54) is 0 Å². The van der Waals surface area contributed by atoms with Crippen LogP contribution in [0.25, 0.3) is 0 Å². The molecule has 2 N–H and O–H groups in total. The van der Waals surface area contributed by atoms with Crippen LogP contribution >= 0.6 is 11.6 Å². The number of alkyl halides is 1. The lowest BCUT2D eigenvalue weighted by atomic mass is 10.2. The molecule has 15 heavy (non-hydrogen) atoms. The van der Waals surface area contributed by atoms with Gasteiger partial charge in [-0.25, -0.2) is 0 Å². The zero-order valence-electron chi connectivity index (χ0n) is 9.47. The van der Waals surface area contributed by atoms with Gasteiger partial charge in [0.2, 0.25) is 11.8 Å². The molecule has 0 spiro atoms. The molecule has 0 saturated heterocycles. The first-order chi connectivity index (χ1) is 6.93. The fraction of sp³-hybridized carbons (Fsp3) is 0.800. The normalized spacial score (nSPS) is 12.3. The number of halogens is 1. The molecule has 1 atom stereocenters. The van der Waals surface area contributed by atoms with E-state index in [9.17, 15) is 9.59 Å². The van der Waals surface area contributed by atoms with Gasteiger partial charge < -0.3 is 10.6 Å². The van der Waals surface area contributed by atoms with Crippen molar-refractivity contribution in [3.63, 3.8) is 0 Å². The molecule has 0 aromatic heterocycles. The number of carbonyl (C=O) groups excluding carboxylic acids is 2. The minimum Gasteiger partial charge on any atom is -0.355 e. The van der Waals surface area contributed by atoms with E-state index < -0.39 is 5.38 Å². The molecule has 0 bridgehead atoms. The minimum atomic E-state index is -0.519. The third-order valence-corrected chi connectivity index (χ3v) is 1.89. The SMILES string of the molecule is CC(C)NC(=O)CCCNC(=O)C(C)Cl. The van der Waals surface area contributed by atoms with Crippen molar-refractivity contribution in [1.29, 1.82) is 0 Å². The van der Waals surface area contributed by atoms with Gasteiger partial charge in [-0.3, -0.25) is 9.59 Å². The first-order valence-corrected chi connectivity index (χ1v) is 5.58. The first kappa shape index (κ1) is 14.2. The van der Waals surface area contributed by atoms with Crippen molar-refractivity contribution in [2.75, 3.05) is 6.54 Å². The molecule has 0 heterocycles. The van der Waals surface area contributed by atoms with Crippen LogP contribution in [0, 0.1) is 0 Å². The minimum absolute atomic E-state index is 0.0122. The second kappa shape index (κ2) is 7.51. The van der Waals surface area contributed by atoms with Gasteiger partial charge in [0.1, 0.15) is 5.38 Å². The van der Waals surface area contributed by atoms with E-state index in [4.69, 9.17) is 11.6 Å². The summed E-state index contributed by atoms with van der Waals surface area (Å²) in [5, 5.41) is 4.90. The summed E-state index contributed by atoms with van der Waals surface area (Å²) in [6.07, 6.45) is 1.06. The lowest BCUT2D eigenvalue weighted by Crippen LogP contribution is -2.33. The third-order valence-electron chi connectivity index (χ3n) is 1.69. The predicted octanol–water partition coefficient (Wildman–Crippen LogP) is 1.03. The Bertz CT molecular complexity index is 217. The van der Waals surface area contributed by atoms with E-state index in [1.807, 2.05) is 13.8 Å². The molecule has 5 heteroatoms. The van der Waals surface area contributed by atoms with Gasteiger partial charge in [-0.1, -0.05) is 0 Å². The van der Waals surface area contributed by atoms with Crippen LogP contribution in [0.1, 0.15) is 33.6 Å². The highest BCUT2D eigenvalue weighted by molar-refractivity contribution is 6.30. The lowest BCUT2D eigenvalue weighted by molar-refractivity contribution is -0.123. The molecule has 2 amide bonds. The number of hydrogen-bond donors (Lipinski definition) is 2. The Kier molecular flexibility index (Phi) is 7.13. The van der Waals surface area contributed by atoms with Gasteiger partial charge in [0.25, 0.3) is 0 Å². The summed E-state index contributed by atoms with van der Waals surface area (Å²) in [6.45, 7) is 5.92. The molecule has 0 aliphatic rings. The summed E-state index contributed by atoms with van der Waals surface area (Å²) in [5.74, 6) is -0.181. The van der Waals surface area contributed by atoms with Crippen molar-refractivity contribution in [1.82, 2.24) is 10.6 Å². The molecule has 0 aromatic carbocycles. The van der Waals surface area contributed by atoms with Gasteiger partial charge in [-0.2, -0.15) is 0 Å². The number of amides is 2. The molecule has 4 nitrogen and oxygen atoms in total. The van der Waals surface area contributed by atoms with Crippen molar-refractivity contribution in [3.8, 4) is 0 Å². The van der Waals surface area contributed by atoms with Gasteiger partial charge in [0.05, 0.1) is 0 Å². The van der Waals surface area contributed by atoms with Crippen LogP contribution in [0.3, 0.4) is 0 Å². The predicted molar refractivity (Wildman–Crippen MR) is 60.8 cm³/mol. The average Bonchev–Trinajstić information content (AvgIpc) is 2.10. The first-order valence-electron chi connectivity index (χ1n) is 5.14. The second-order valence-corrected chi connectivity index (χ2v) is 4.39. The van der Waals surface area contributed by atoms with Crippen LogP contribution in [0.5, 0.6) is 0 Å². The monoisotopic (exact) mass is 234 g/mol. The zero-order chi connectivity index (χ0) is 11.8. The largest absolute Gasteiger partial charge is 0.355 e. The summed E-state index contributed by atoms with van der Waals surface area (Å²) in [5.41, 5.74) is 0. The molecule has 0 aliphatic carbocycles. The Hall–Kier alpha value is -0.770. The highest BCUT2D eigenvalue weighted by Crippen LogP contribution is 1.93. The Balaban J connectivity index is 3.46. The summed E-state index contributed by atoms with van der Waals surface area (Å²) in [7, 11) is 0. The molecule has 0 fully saturated rings. The molecule has 0 aliphatic heterocycles. The number of nitrogens with one attached hydrogen (secondary N) is 2. The van der Waals surface area contributed by atoms with E-state index in [0.29, 0.717) is 19.4 Å². The molecular weight excluding hydrogens is 216 g/mol. The summed E-state index contributed by atoms with van der Waals surface area (Å²) < 4.78 is 0. The van der Waals surface area contributed by atoms with E-state index >= 15 is 0 Å². The van der Waals surface area contributed by atoms with Crippen LogP contribution in [0.4, 0.5) is 0 Å².